The van der Waals surface area contributed by atoms with Gasteiger partial charge in [0.05, 0.1) is 23.7 Å². The number of benzene rings is 1. The van der Waals surface area contributed by atoms with E-state index in [0.717, 1.165) is 34.8 Å². The van der Waals surface area contributed by atoms with Gasteiger partial charge >= 0.3 is 0 Å². The van der Waals surface area contributed by atoms with Crippen LogP contribution in [0.4, 0.5) is 5.95 Å². The number of hydrogen-bond donors (Lipinski definition) is 1. The van der Waals surface area contributed by atoms with Crippen LogP contribution in [-0.4, -0.2) is 50.3 Å². The Morgan fingerprint density at radius 1 is 1.19 bits per heavy atom. The topological polar surface area (TPSA) is 99.2 Å². The molecule has 0 saturated carbocycles. The number of carbonyl (C=O) groups excluding carboxylic acids is 1. The zero-order valence-corrected chi connectivity index (χ0v) is 17.8. The van der Waals surface area contributed by atoms with Crippen molar-refractivity contribution in [1.82, 2.24) is 24.6 Å². The van der Waals surface area contributed by atoms with Crippen LogP contribution in [0.2, 0.25) is 0 Å². The fourth-order valence-electron chi connectivity index (χ4n) is 4.72. The Kier molecular flexibility index (Phi) is 4.74. The first kappa shape index (κ1) is 19.7. The Bertz CT molecular complexity index is 1150. The van der Waals surface area contributed by atoms with Crippen LogP contribution < -0.4 is 5.73 Å². The molecule has 31 heavy (non-hydrogen) atoms. The minimum absolute atomic E-state index is 0.0245. The molecular formula is C23H26N6O2. The van der Waals surface area contributed by atoms with Crippen LogP contribution in [0.1, 0.15) is 45.8 Å². The number of piperidine rings is 1. The van der Waals surface area contributed by atoms with Gasteiger partial charge in [-0.15, -0.1) is 0 Å². The fourth-order valence-corrected chi connectivity index (χ4v) is 4.72. The monoisotopic (exact) mass is 418 g/mol. The van der Waals surface area contributed by atoms with Gasteiger partial charge in [0.1, 0.15) is 5.60 Å². The zero-order chi connectivity index (χ0) is 21.6. The Balaban J connectivity index is 1.35. The standard InChI is InChI=1S/C23H26N6O2/c1-15-12-16(2)29(27-15)19-5-3-4-17(13-19)21(30)28-9-7-23(8-10-28)20-18(6-11-31-23)14-25-22(24)26-20/h3-5,12-14H,6-11H2,1-2H3,(H2,24,25,26). The van der Waals surface area contributed by atoms with Gasteiger partial charge in [-0.25, -0.2) is 14.6 Å². The Labute approximate surface area is 181 Å². The number of aromatic nitrogens is 4. The minimum Gasteiger partial charge on any atom is -0.368 e. The quantitative estimate of drug-likeness (QED) is 0.687. The summed E-state index contributed by atoms with van der Waals surface area (Å²) in [6, 6.07) is 9.68. The highest BCUT2D eigenvalue weighted by Crippen LogP contribution is 2.40. The molecule has 8 heteroatoms. The second-order valence-corrected chi connectivity index (χ2v) is 8.38. The lowest BCUT2D eigenvalue weighted by Crippen LogP contribution is -2.49. The first-order valence-electron chi connectivity index (χ1n) is 10.6. The molecular weight excluding hydrogens is 392 g/mol. The number of nitrogen functional groups attached to an aromatic ring is 1. The van der Waals surface area contributed by atoms with E-state index in [0.29, 0.717) is 38.1 Å². The van der Waals surface area contributed by atoms with Crippen molar-refractivity contribution in [3.63, 3.8) is 0 Å². The van der Waals surface area contributed by atoms with Gasteiger partial charge in [0.25, 0.3) is 5.91 Å². The molecule has 5 rings (SSSR count). The van der Waals surface area contributed by atoms with E-state index >= 15 is 0 Å². The highest BCUT2D eigenvalue weighted by molar-refractivity contribution is 5.94. The lowest BCUT2D eigenvalue weighted by Gasteiger charge is -2.44. The van der Waals surface area contributed by atoms with E-state index < -0.39 is 5.60 Å². The summed E-state index contributed by atoms with van der Waals surface area (Å²) in [5.41, 5.74) is 10.9. The van der Waals surface area contributed by atoms with Crippen molar-refractivity contribution < 1.29 is 9.53 Å². The van der Waals surface area contributed by atoms with E-state index in [1.165, 1.54) is 0 Å². The summed E-state index contributed by atoms with van der Waals surface area (Å²) in [6.07, 6.45) is 3.99. The van der Waals surface area contributed by atoms with E-state index in [-0.39, 0.29) is 11.9 Å². The number of carbonyl (C=O) groups is 1. The van der Waals surface area contributed by atoms with Gasteiger partial charge in [-0.2, -0.15) is 5.10 Å². The number of aryl methyl sites for hydroxylation is 2. The molecule has 160 valence electrons. The predicted molar refractivity (Wildman–Crippen MR) is 116 cm³/mol. The Hall–Kier alpha value is -3.26. The van der Waals surface area contributed by atoms with Gasteiger partial charge in [0, 0.05) is 30.5 Å². The maximum Gasteiger partial charge on any atom is 0.253 e. The smallest absolute Gasteiger partial charge is 0.253 e. The van der Waals surface area contributed by atoms with Crippen molar-refractivity contribution in [1.29, 1.82) is 0 Å². The molecule has 1 aromatic carbocycles. The summed E-state index contributed by atoms with van der Waals surface area (Å²) < 4.78 is 8.09. The molecule has 0 bridgehead atoms. The molecule has 2 aliphatic rings. The molecule has 0 radical (unpaired) electrons. The minimum atomic E-state index is -0.479. The summed E-state index contributed by atoms with van der Waals surface area (Å²) in [6.45, 7) is 5.82. The average molecular weight is 419 g/mol. The molecule has 1 saturated heterocycles. The number of fused-ring (bicyclic) bond motifs is 2. The third kappa shape index (κ3) is 3.46. The summed E-state index contributed by atoms with van der Waals surface area (Å²) in [5, 5.41) is 4.53. The van der Waals surface area contributed by atoms with Gasteiger partial charge in [-0.3, -0.25) is 4.79 Å². The van der Waals surface area contributed by atoms with E-state index in [1.54, 1.807) is 0 Å². The van der Waals surface area contributed by atoms with Gasteiger partial charge in [0.15, 0.2) is 0 Å². The average Bonchev–Trinajstić information content (AvgIpc) is 3.12. The lowest BCUT2D eigenvalue weighted by molar-refractivity contribution is -0.0966. The number of hydrogen-bond acceptors (Lipinski definition) is 6. The molecule has 1 amide bonds. The van der Waals surface area contributed by atoms with Gasteiger partial charge in [-0.05, 0) is 62.9 Å². The molecule has 0 aliphatic carbocycles. The van der Waals surface area contributed by atoms with E-state index in [1.807, 2.05) is 60.0 Å². The number of anilines is 1. The molecule has 4 heterocycles. The first-order valence-corrected chi connectivity index (χ1v) is 10.6. The zero-order valence-electron chi connectivity index (χ0n) is 17.8. The van der Waals surface area contributed by atoms with Crippen LogP contribution >= 0.6 is 0 Å². The second-order valence-electron chi connectivity index (χ2n) is 8.38. The molecule has 0 atom stereocenters. The molecule has 2 aromatic heterocycles. The molecule has 2 N–H and O–H groups in total. The van der Waals surface area contributed by atoms with Gasteiger partial charge in [0.2, 0.25) is 5.95 Å². The van der Waals surface area contributed by atoms with Crippen molar-refractivity contribution in [2.24, 2.45) is 0 Å². The van der Waals surface area contributed by atoms with Crippen LogP contribution in [0.15, 0.2) is 36.5 Å². The summed E-state index contributed by atoms with van der Waals surface area (Å²) in [5.74, 6) is 0.291. The molecule has 8 nitrogen and oxygen atoms in total. The Morgan fingerprint density at radius 3 is 2.74 bits per heavy atom. The highest BCUT2D eigenvalue weighted by atomic mass is 16.5. The number of likely N-dealkylation sites (tertiary alicyclic amines) is 1. The van der Waals surface area contributed by atoms with Gasteiger partial charge in [-0.1, -0.05) is 6.07 Å². The Morgan fingerprint density at radius 2 is 2.00 bits per heavy atom. The maximum atomic E-state index is 13.3. The van der Waals surface area contributed by atoms with Gasteiger partial charge < -0.3 is 15.4 Å². The van der Waals surface area contributed by atoms with Crippen molar-refractivity contribution in [3.8, 4) is 5.69 Å². The van der Waals surface area contributed by atoms with Crippen molar-refractivity contribution in [2.45, 2.75) is 38.7 Å². The number of ether oxygens (including phenoxy) is 1. The number of nitrogens with two attached hydrogens (primary N) is 1. The van der Waals surface area contributed by atoms with Crippen LogP contribution in [0.25, 0.3) is 5.69 Å². The van der Waals surface area contributed by atoms with Crippen molar-refractivity contribution in [2.75, 3.05) is 25.4 Å². The predicted octanol–water partition coefficient (Wildman–Crippen LogP) is 2.57. The summed E-state index contributed by atoms with van der Waals surface area (Å²) in [4.78, 5) is 23.8. The number of rotatable bonds is 2. The van der Waals surface area contributed by atoms with Crippen LogP contribution in [0.5, 0.6) is 0 Å². The number of nitrogens with zero attached hydrogens (tertiary/aromatic N) is 5. The molecule has 2 aliphatic heterocycles. The molecule has 1 spiro atoms. The van der Waals surface area contributed by atoms with E-state index in [4.69, 9.17) is 10.5 Å². The third-order valence-corrected chi connectivity index (χ3v) is 6.27. The summed E-state index contributed by atoms with van der Waals surface area (Å²) in [7, 11) is 0. The van der Waals surface area contributed by atoms with Crippen LogP contribution in [-0.2, 0) is 16.8 Å². The highest BCUT2D eigenvalue weighted by Gasteiger charge is 2.43. The molecule has 1 fully saturated rings. The van der Waals surface area contributed by atoms with Crippen molar-refractivity contribution >= 4 is 11.9 Å². The SMILES string of the molecule is Cc1cc(C)n(-c2cccc(C(=O)N3CCC4(CC3)OCCc3cnc(N)nc34)c2)n1. The molecule has 3 aromatic rings. The van der Waals surface area contributed by atoms with Crippen LogP contribution in [0.3, 0.4) is 0 Å². The maximum absolute atomic E-state index is 13.3. The lowest BCUT2D eigenvalue weighted by atomic mass is 9.83. The summed E-state index contributed by atoms with van der Waals surface area (Å²) >= 11 is 0. The van der Waals surface area contributed by atoms with Crippen LogP contribution in [0, 0.1) is 13.8 Å². The number of amides is 1. The van der Waals surface area contributed by atoms with E-state index in [9.17, 15) is 4.79 Å². The van der Waals surface area contributed by atoms with E-state index in [2.05, 4.69) is 15.1 Å². The van der Waals surface area contributed by atoms with Crippen molar-refractivity contribution in [3.05, 3.63) is 64.7 Å². The normalized spacial score (nSPS) is 17.5. The first-order chi connectivity index (χ1) is 14.9. The molecule has 0 unspecified atom stereocenters. The second kappa shape index (κ2) is 7.46. The largest absolute Gasteiger partial charge is 0.368 e. The fraction of sp³-hybridized carbons (Fsp3) is 0.391. The third-order valence-electron chi connectivity index (χ3n) is 6.27.